The van der Waals surface area contributed by atoms with Crippen LogP contribution in [0.2, 0.25) is 0 Å². The molecule has 0 aliphatic rings. The second-order valence-corrected chi connectivity index (χ2v) is 6.72. The molecule has 2 heterocycles. The first kappa shape index (κ1) is 22.1. The van der Waals surface area contributed by atoms with Gasteiger partial charge in [-0.1, -0.05) is 0 Å². The van der Waals surface area contributed by atoms with Gasteiger partial charge in [0.1, 0.15) is 12.3 Å². The van der Waals surface area contributed by atoms with Crippen LogP contribution in [-0.4, -0.2) is 48.9 Å². The molecule has 13 heteroatoms. The lowest BCUT2D eigenvalue weighted by atomic mass is 10.1. The van der Waals surface area contributed by atoms with Gasteiger partial charge in [-0.25, -0.2) is 14.8 Å². The molecular weight excluding hydrogens is 420 g/mol. The average molecular weight is 440 g/mol. The van der Waals surface area contributed by atoms with Crippen LogP contribution in [0, 0.1) is 0 Å². The second kappa shape index (κ2) is 9.51. The van der Waals surface area contributed by atoms with Gasteiger partial charge in [0.2, 0.25) is 5.95 Å². The molecule has 0 saturated carbocycles. The Balaban J connectivity index is 1.66. The molecule has 13 nitrogen and oxygen atoms in total. The molecule has 7 N–H and O–H groups in total. The standard InChI is InChI=1S/C19H20N8O5/c20-19-26-15-14(17(30)27(19)21)24-12(9-23-15)8-22-11-5-3-10(4-6-11)16(29)25-13(18(31)32)2-1-7-28/h3-7,9,13,22H,1-2,8,21H2,(H,25,29)(H,31,32)(H2,20,23,26). The third-order valence-electron chi connectivity index (χ3n) is 4.49. The van der Waals surface area contributed by atoms with E-state index in [1.807, 2.05) is 0 Å². The van der Waals surface area contributed by atoms with Crippen molar-refractivity contribution < 1.29 is 19.5 Å². The van der Waals surface area contributed by atoms with Gasteiger partial charge in [-0.15, -0.1) is 0 Å². The minimum atomic E-state index is -1.21. The quantitative estimate of drug-likeness (QED) is 0.207. The van der Waals surface area contributed by atoms with E-state index < -0.39 is 23.5 Å². The van der Waals surface area contributed by atoms with Gasteiger partial charge in [0.25, 0.3) is 5.91 Å². The maximum Gasteiger partial charge on any atom is 0.326 e. The lowest BCUT2D eigenvalue weighted by molar-refractivity contribution is -0.139. The highest BCUT2D eigenvalue weighted by atomic mass is 16.4. The van der Waals surface area contributed by atoms with Crippen molar-refractivity contribution >= 4 is 41.0 Å². The van der Waals surface area contributed by atoms with E-state index in [0.717, 1.165) is 0 Å². The number of aliphatic carboxylic acids is 1. The summed E-state index contributed by atoms with van der Waals surface area (Å²) in [7, 11) is 0. The predicted molar refractivity (Wildman–Crippen MR) is 114 cm³/mol. The summed E-state index contributed by atoms with van der Waals surface area (Å²) in [4.78, 5) is 58.2. The number of benzene rings is 1. The van der Waals surface area contributed by atoms with E-state index in [-0.39, 0.29) is 42.1 Å². The van der Waals surface area contributed by atoms with Crippen molar-refractivity contribution in [2.75, 3.05) is 16.9 Å². The third kappa shape index (κ3) is 4.95. The topological polar surface area (TPSA) is 208 Å². The van der Waals surface area contributed by atoms with Crippen molar-refractivity contribution in [3.8, 4) is 0 Å². The third-order valence-corrected chi connectivity index (χ3v) is 4.49. The Morgan fingerprint density at radius 3 is 2.59 bits per heavy atom. The highest BCUT2D eigenvalue weighted by Gasteiger charge is 2.20. The zero-order valence-electron chi connectivity index (χ0n) is 16.7. The first-order chi connectivity index (χ1) is 15.3. The molecule has 0 fully saturated rings. The van der Waals surface area contributed by atoms with Crippen LogP contribution in [0.1, 0.15) is 28.9 Å². The fourth-order valence-electron chi connectivity index (χ4n) is 2.78. The van der Waals surface area contributed by atoms with E-state index in [9.17, 15) is 19.2 Å². The summed E-state index contributed by atoms with van der Waals surface area (Å²) in [5, 5.41) is 14.6. The van der Waals surface area contributed by atoms with Gasteiger partial charge in [0.05, 0.1) is 18.4 Å². The van der Waals surface area contributed by atoms with Crippen molar-refractivity contribution in [1.82, 2.24) is 24.9 Å². The molecule has 32 heavy (non-hydrogen) atoms. The van der Waals surface area contributed by atoms with Crippen LogP contribution < -0.4 is 27.8 Å². The van der Waals surface area contributed by atoms with Crippen LogP contribution in [0.4, 0.5) is 11.6 Å². The molecule has 1 amide bonds. The summed E-state index contributed by atoms with van der Waals surface area (Å²) in [5.41, 5.74) is 6.32. The van der Waals surface area contributed by atoms with Gasteiger partial charge < -0.3 is 32.1 Å². The largest absolute Gasteiger partial charge is 0.480 e. The lowest BCUT2D eigenvalue weighted by Gasteiger charge is -2.13. The van der Waals surface area contributed by atoms with E-state index in [2.05, 4.69) is 25.6 Å². The number of hydrogen-bond acceptors (Lipinski definition) is 10. The number of amides is 1. The predicted octanol–water partition coefficient (Wildman–Crippen LogP) is -0.743. The van der Waals surface area contributed by atoms with Crippen molar-refractivity contribution in [2.45, 2.75) is 25.4 Å². The van der Waals surface area contributed by atoms with Gasteiger partial charge in [-0.2, -0.15) is 9.66 Å². The Morgan fingerprint density at radius 2 is 1.94 bits per heavy atom. The Bertz CT molecular complexity index is 1220. The first-order valence-electron chi connectivity index (χ1n) is 9.40. The van der Waals surface area contributed by atoms with Crippen LogP contribution in [0.25, 0.3) is 11.2 Å². The molecule has 0 spiro atoms. The van der Waals surface area contributed by atoms with Gasteiger partial charge in [0, 0.05) is 17.7 Å². The normalized spacial score (nSPS) is 11.6. The van der Waals surface area contributed by atoms with Crippen LogP contribution in [0.5, 0.6) is 0 Å². The fraction of sp³-hybridized carbons (Fsp3) is 0.211. The molecule has 0 bridgehead atoms. The summed E-state index contributed by atoms with van der Waals surface area (Å²) in [6.45, 7) is 0.218. The number of carboxylic acid groups (broad SMARTS) is 1. The number of carbonyl (C=O) groups is 3. The maximum atomic E-state index is 12.3. The average Bonchev–Trinajstić information content (AvgIpc) is 2.79. The summed E-state index contributed by atoms with van der Waals surface area (Å²) < 4.78 is 0.686. The number of nitrogens with one attached hydrogen (secondary N) is 2. The van der Waals surface area contributed by atoms with Gasteiger partial charge >= 0.3 is 11.5 Å². The first-order valence-corrected chi connectivity index (χ1v) is 9.40. The molecular formula is C19H20N8O5. The smallest absolute Gasteiger partial charge is 0.326 e. The minimum Gasteiger partial charge on any atom is -0.480 e. The molecule has 166 valence electrons. The van der Waals surface area contributed by atoms with Crippen molar-refractivity contribution in [2.24, 2.45) is 0 Å². The van der Waals surface area contributed by atoms with E-state index in [1.165, 1.54) is 18.3 Å². The molecule has 0 aliphatic carbocycles. The number of nitrogen functional groups attached to an aromatic ring is 2. The summed E-state index contributed by atoms with van der Waals surface area (Å²) in [5.74, 6) is 3.57. The number of nitrogens with two attached hydrogens (primary N) is 2. The van der Waals surface area contributed by atoms with Crippen molar-refractivity contribution in [1.29, 1.82) is 0 Å². The highest BCUT2D eigenvalue weighted by molar-refractivity contribution is 5.96. The zero-order chi connectivity index (χ0) is 23.3. The molecule has 0 saturated heterocycles. The van der Waals surface area contributed by atoms with E-state index in [0.29, 0.717) is 22.3 Å². The Morgan fingerprint density at radius 1 is 1.22 bits per heavy atom. The highest BCUT2D eigenvalue weighted by Crippen LogP contribution is 2.12. The van der Waals surface area contributed by atoms with Crippen LogP contribution in [0.15, 0.2) is 35.3 Å². The number of nitrogens with zero attached hydrogens (tertiary/aromatic N) is 4. The monoisotopic (exact) mass is 440 g/mol. The summed E-state index contributed by atoms with van der Waals surface area (Å²) >= 11 is 0. The molecule has 2 aromatic heterocycles. The van der Waals surface area contributed by atoms with Gasteiger partial charge in [-0.05, 0) is 30.7 Å². The number of carbonyl (C=O) groups excluding carboxylic acids is 2. The number of aldehydes is 1. The summed E-state index contributed by atoms with van der Waals surface area (Å²) in [6, 6.07) is 5.13. The van der Waals surface area contributed by atoms with Crippen molar-refractivity contribution in [3.63, 3.8) is 0 Å². The molecule has 0 aliphatic heterocycles. The van der Waals surface area contributed by atoms with E-state index >= 15 is 0 Å². The van der Waals surface area contributed by atoms with Crippen LogP contribution in [-0.2, 0) is 16.1 Å². The molecule has 3 aromatic rings. The molecule has 1 unspecified atom stereocenters. The van der Waals surface area contributed by atoms with Crippen molar-refractivity contribution in [3.05, 3.63) is 52.1 Å². The van der Waals surface area contributed by atoms with Crippen LogP contribution in [0.3, 0.4) is 0 Å². The van der Waals surface area contributed by atoms with E-state index in [1.54, 1.807) is 12.1 Å². The lowest BCUT2D eigenvalue weighted by Crippen LogP contribution is -2.40. The SMILES string of the molecule is Nc1nc2ncc(CNc3ccc(C(=O)NC(CCC=O)C(=O)O)cc3)nc2c(=O)n1N. The number of hydrogen-bond donors (Lipinski definition) is 5. The van der Waals surface area contributed by atoms with E-state index in [4.69, 9.17) is 16.7 Å². The number of aromatic nitrogens is 4. The molecule has 1 atom stereocenters. The summed E-state index contributed by atoms with van der Waals surface area (Å²) in [6.07, 6.45) is 2.07. The number of anilines is 2. The zero-order valence-corrected chi connectivity index (χ0v) is 16.7. The Kier molecular flexibility index (Phi) is 6.58. The molecule has 1 aromatic carbocycles. The maximum absolute atomic E-state index is 12.3. The minimum absolute atomic E-state index is 0.00828. The number of fused-ring (bicyclic) bond motifs is 1. The van der Waals surface area contributed by atoms with Gasteiger partial charge in [-0.3, -0.25) is 9.59 Å². The second-order valence-electron chi connectivity index (χ2n) is 6.72. The Labute approximate surface area is 180 Å². The Hall–Kier alpha value is -4.55. The molecule has 3 rings (SSSR count). The van der Waals surface area contributed by atoms with Gasteiger partial charge in [0.15, 0.2) is 11.2 Å². The number of carboxylic acids is 1. The molecule has 0 radical (unpaired) electrons. The fourth-order valence-corrected chi connectivity index (χ4v) is 2.78. The number of rotatable bonds is 9. The van der Waals surface area contributed by atoms with Crippen LogP contribution >= 0.6 is 0 Å².